The van der Waals surface area contributed by atoms with E-state index in [1.165, 1.54) is 11.1 Å². The maximum atomic E-state index is 12.5. The van der Waals surface area contributed by atoms with Crippen LogP contribution in [0.2, 0.25) is 0 Å². The Bertz CT molecular complexity index is 940. The molecule has 1 aliphatic carbocycles. The second-order valence-corrected chi connectivity index (χ2v) is 7.64. The van der Waals surface area contributed by atoms with Gasteiger partial charge in [0.15, 0.2) is 0 Å². The number of pyridine rings is 1. The lowest BCUT2D eigenvalue weighted by Gasteiger charge is -2.07. The first kappa shape index (κ1) is 16.8. The summed E-state index contributed by atoms with van der Waals surface area (Å²) in [5.74, 6) is 1.13. The number of aryl methyl sites for hydroxylation is 1. The number of fused-ring (bicyclic) bond motifs is 1. The summed E-state index contributed by atoms with van der Waals surface area (Å²) >= 11 is 0. The number of carbonyl (C=O) groups is 1. The number of nitrogens with zero attached hydrogens (tertiary/aromatic N) is 2. The number of hydrogen-bond acceptors (Lipinski definition) is 2. The van der Waals surface area contributed by atoms with E-state index < -0.39 is 0 Å². The molecule has 0 aliphatic heterocycles. The number of aromatic nitrogens is 2. The molecule has 1 amide bonds. The number of nitrogens with one attached hydrogen (secondary N) is 1. The molecule has 4 rings (SSSR count). The fourth-order valence-corrected chi connectivity index (χ4v) is 3.58. The zero-order chi connectivity index (χ0) is 18.3. The van der Waals surface area contributed by atoms with Crippen LogP contribution in [0.25, 0.3) is 5.65 Å². The molecule has 2 atom stereocenters. The zero-order valence-electron chi connectivity index (χ0n) is 15.6. The number of carbonyl (C=O) groups excluding carboxylic acids is 1. The summed E-state index contributed by atoms with van der Waals surface area (Å²) in [6.45, 7) is 6.92. The molecule has 26 heavy (non-hydrogen) atoms. The average Bonchev–Trinajstić information content (AvgIpc) is 3.32. The van der Waals surface area contributed by atoms with Gasteiger partial charge in [-0.25, -0.2) is 4.98 Å². The van der Waals surface area contributed by atoms with Gasteiger partial charge in [0.25, 0.3) is 0 Å². The van der Waals surface area contributed by atoms with Crippen LogP contribution in [0.15, 0.2) is 48.8 Å². The molecule has 1 fully saturated rings. The molecule has 1 aromatic carbocycles. The summed E-state index contributed by atoms with van der Waals surface area (Å²) in [6, 6.07) is 12.8. The van der Waals surface area contributed by atoms with Crippen molar-refractivity contribution in [2.75, 3.05) is 0 Å². The van der Waals surface area contributed by atoms with Crippen molar-refractivity contribution in [1.29, 1.82) is 0 Å². The fourth-order valence-electron chi connectivity index (χ4n) is 3.58. The highest BCUT2D eigenvalue weighted by atomic mass is 16.2. The van der Waals surface area contributed by atoms with Crippen molar-refractivity contribution in [3.8, 4) is 0 Å². The number of hydrogen-bond donors (Lipinski definition) is 1. The quantitative estimate of drug-likeness (QED) is 0.752. The normalized spacial score (nSPS) is 19.1. The second kappa shape index (κ2) is 6.60. The van der Waals surface area contributed by atoms with Crippen LogP contribution in [0.4, 0.5) is 0 Å². The van der Waals surface area contributed by atoms with Crippen molar-refractivity contribution in [2.24, 2.45) is 5.92 Å². The first-order valence-electron chi connectivity index (χ1n) is 9.33. The van der Waals surface area contributed by atoms with Gasteiger partial charge in [0.1, 0.15) is 5.65 Å². The van der Waals surface area contributed by atoms with Gasteiger partial charge in [-0.15, -0.1) is 0 Å². The van der Waals surface area contributed by atoms with Gasteiger partial charge in [-0.3, -0.25) is 4.79 Å². The lowest BCUT2D eigenvalue weighted by atomic mass is 10.00. The number of imidazole rings is 1. The fraction of sp³-hybridized carbons (Fsp3) is 0.364. The molecule has 1 N–H and O–H groups in total. The minimum atomic E-state index is 0.0960. The Kier molecular flexibility index (Phi) is 4.27. The van der Waals surface area contributed by atoms with Gasteiger partial charge in [-0.2, -0.15) is 0 Å². The van der Waals surface area contributed by atoms with E-state index in [0.717, 1.165) is 23.3 Å². The molecule has 0 radical (unpaired) electrons. The van der Waals surface area contributed by atoms with Gasteiger partial charge < -0.3 is 9.72 Å². The van der Waals surface area contributed by atoms with Crippen molar-refractivity contribution in [1.82, 2.24) is 14.7 Å². The van der Waals surface area contributed by atoms with Crippen molar-refractivity contribution in [3.63, 3.8) is 0 Å². The zero-order valence-corrected chi connectivity index (χ0v) is 15.6. The van der Waals surface area contributed by atoms with Gasteiger partial charge in [-0.05, 0) is 47.9 Å². The molecule has 0 unspecified atom stereocenters. The van der Waals surface area contributed by atoms with Crippen LogP contribution < -0.4 is 5.32 Å². The third kappa shape index (κ3) is 3.24. The first-order chi connectivity index (χ1) is 12.5. The minimum absolute atomic E-state index is 0.0960. The standard InChI is InChI=1S/C22H25N3O/c1-14(2)16-6-8-17(9-7-16)19-11-20(19)22(26)23-12-18-13-25-10-4-5-15(3)21(25)24-18/h4-10,13-14,19-20H,11-12H2,1-3H3,(H,23,26)/t19-,20+/m1/s1. The molecule has 0 spiro atoms. The Balaban J connectivity index is 1.36. The predicted molar refractivity (Wildman–Crippen MR) is 103 cm³/mol. The van der Waals surface area contributed by atoms with Crippen LogP contribution in [-0.2, 0) is 11.3 Å². The van der Waals surface area contributed by atoms with Crippen LogP contribution in [0.3, 0.4) is 0 Å². The molecule has 134 valence electrons. The van der Waals surface area contributed by atoms with Gasteiger partial charge in [-0.1, -0.05) is 44.2 Å². The maximum Gasteiger partial charge on any atom is 0.224 e. The Labute approximate surface area is 154 Å². The Morgan fingerprint density at radius 1 is 1.27 bits per heavy atom. The van der Waals surface area contributed by atoms with E-state index in [1.807, 2.05) is 35.9 Å². The molecule has 2 heterocycles. The van der Waals surface area contributed by atoms with E-state index in [1.54, 1.807) is 0 Å². The van der Waals surface area contributed by atoms with Crippen LogP contribution >= 0.6 is 0 Å². The third-order valence-electron chi connectivity index (χ3n) is 5.33. The SMILES string of the molecule is Cc1cccn2cc(CNC(=O)[C@H]3C[C@@H]3c3ccc(C(C)C)cc3)nc12. The molecule has 0 bridgehead atoms. The highest BCUT2D eigenvalue weighted by Crippen LogP contribution is 2.47. The van der Waals surface area contributed by atoms with Gasteiger partial charge in [0, 0.05) is 18.3 Å². The molecular weight excluding hydrogens is 322 g/mol. The summed E-state index contributed by atoms with van der Waals surface area (Å²) in [6.07, 6.45) is 4.91. The van der Waals surface area contributed by atoms with Crippen molar-refractivity contribution in [2.45, 2.75) is 45.6 Å². The summed E-state index contributed by atoms with van der Waals surface area (Å²) < 4.78 is 2.01. The van der Waals surface area contributed by atoms with Crippen LogP contribution in [0.5, 0.6) is 0 Å². The molecule has 2 aromatic heterocycles. The predicted octanol–water partition coefficient (Wildman–Crippen LogP) is 4.19. The Morgan fingerprint density at radius 2 is 2.04 bits per heavy atom. The smallest absolute Gasteiger partial charge is 0.224 e. The number of amides is 1. The summed E-state index contributed by atoms with van der Waals surface area (Å²) in [5.41, 5.74) is 5.60. The molecule has 3 aromatic rings. The molecular formula is C22H25N3O. The van der Waals surface area contributed by atoms with Crippen LogP contribution in [0, 0.1) is 12.8 Å². The van der Waals surface area contributed by atoms with E-state index in [0.29, 0.717) is 18.4 Å². The van der Waals surface area contributed by atoms with E-state index in [4.69, 9.17) is 0 Å². The van der Waals surface area contributed by atoms with E-state index >= 15 is 0 Å². The van der Waals surface area contributed by atoms with Crippen LogP contribution in [-0.4, -0.2) is 15.3 Å². The van der Waals surface area contributed by atoms with Crippen molar-refractivity contribution >= 4 is 11.6 Å². The first-order valence-corrected chi connectivity index (χ1v) is 9.33. The molecule has 1 saturated carbocycles. The summed E-state index contributed by atoms with van der Waals surface area (Å²) in [4.78, 5) is 17.1. The monoisotopic (exact) mass is 347 g/mol. The topological polar surface area (TPSA) is 46.4 Å². The lowest BCUT2D eigenvalue weighted by molar-refractivity contribution is -0.122. The highest BCUT2D eigenvalue weighted by Gasteiger charge is 2.43. The molecule has 0 saturated heterocycles. The van der Waals surface area contributed by atoms with E-state index in [9.17, 15) is 4.79 Å². The van der Waals surface area contributed by atoms with Gasteiger partial charge in [0.2, 0.25) is 5.91 Å². The molecule has 1 aliphatic rings. The summed E-state index contributed by atoms with van der Waals surface area (Å²) in [5, 5.41) is 3.06. The average molecular weight is 347 g/mol. The van der Waals surface area contributed by atoms with Crippen molar-refractivity contribution < 1.29 is 4.79 Å². The Hall–Kier alpha value is -2.62. The lowest BCUT2D eigenvalue weighted by Crippen LogP contribution is -2.25. The second-order valence-electron chi connectivity index (χ2n) is 7.64. The minimum Gasteiger partial charge on any atom is -0.350 e. The van der Waals surface area contributed by atoms with Gasteiger partial charge in [0.05, 0.1) is 12.2 Å². The van der Waals surface area contributed by atoms with Crippen molar-refractivity contribution in [3.05, 3.63) is 71.2 Å². The third-order valence-corrected chi connectivity index (χ3v) is 5.33. The molecule has 4 nitrogen and oxygen atoms in total. The van der Waals surface area contributed by atoms with E-state index in [-0.39, 0.29) is 11.8 Å². The Morgan fingerprint density at radius 3 is 2.73 bits per heavy atom. The van der Waals surface area contributed by atoms with Crippen LogP contribution in [0.1, 0.15) is 54.5 Å². The maximum absolute atomic E-state index is 12.5. The molecule has 4 heteroatoms. The highest BCUT2D eigenvalue weighted by molar-refractivity contribution is 5.82. The number of benzene rings is 1. The largest absolute Gasteiger partial charge is 0.350 e. The van der Waals surface area contributed by atoms with E-state index in [2.05, 4.69) is 48.4 Å². The summed E-state index contributed by atoms with van der Waals surface area (Å²) in [7, 11) is 0. The number of rotatable bonds is 5. The van der Waals surface area contributed by atoms with Gasteiger partial charge >= 0.3 is 0 Å².